The van der Waals surface area contributed by atoms with Gasteiger partial charge in [-0.05, 0) is 35.4 Å². The van der Waals surface area contributed by atoms with Crippen LogP contribution in [0.3, 0.4) is 0 Å². The Morgan fingerprint density at radius 2 is 2.00 bits per heavy atom. The number of nitrogens with zero attached hydrogens (tertiary/aromatic N) is 1. The minimum atomic E-state index is -0.173. The molecule has 0 bridgehead atoms. The van der Waals surface area contributed by atoms with Crippen LogP contribution in [0.5, 0.6) is 0 Å². The number of rotatable bonds is 3. The van der Waals surface area contributed by atoms with Gasteiger partial charge in [0.15, 0.2) is 5.22 Å². The van der Waals surface area contributed by atoms with Crippen LogP contribution in [0.1, 0.15) is 30.0 Å². The van der Waals surface area contributed by atoms with Crippen LogP contribution in [0, 0.1) is 0 Å². The lowest BCUT2D eigenvalue weighted by atomic mass is 9.91. The van der Waals surface area contributed by atoms with Gasteiger partial charge >= 0.3 is 0 Å². The van der Waals surface area contributed by atoms with E-state index in [0.717, 1.165) is 11.1 Å². The smallest absolute Gasteiger partial charge is 0.197 e. The van der Waals surface area contributed by atoms with E-state index in [1.165, 1.54) is 0 Å². The van der Waals surface area contributed by atoms with Crippen LogP contribution >= 0.6 is 11.6 Å². The molecule has 16 heavy (non-hydrogen) atoms. The summed E-state index contributed by atoms with van der Waals surface area (Å²) in [5.74, 6) is 0.165. The second kappa shape index (κ2) is 4.68. The molecule has 2 heterocycles. The molecule has 0 fully saturated rings. The molecule has 2 aromatic heterocycles. The maximum Gasteiger partial charge on any atom is 0.197 e. The zero-order valence-electron chi connectivity index (χ0n) is 8.93. The Hall–Kier alpha value is -1.32. The van der Waals surface area contributed by atoms with E-state index >= 15 is 0 Å². The molecule has 2 unspecified atom stereocenters. The van der Waals surface area contributed by atoms with Crippen molar-refractivity contribution in [1.82, 2.24) is 4.98 Å². The van der Waals surface area contributed by atoms with Crippen LogP contribution in [-0.2, 0) is 0 Å². The molecule has 2 atom stereocenters. The Balaban J connectivity index is 2.23. The number of pyridine rings is 1. The fraction of sp³-hybridized carbons (Fsp3) is 0.250. The molecule has 0 radical (unpaired) electrons. The van der Waals surface area contributed by atoms with Gasteiger partial charge in [0.1, 0.15) is 0 Å². The molecule has 4 heteroatoms. The van der Waals surface area contributed by atoms with Gasteiger partial charge in [-0.25, -0.2) is 0 Å². The average molecular weight is 237 g/mol. The standard InChI is InChI=1S/C12H13ClN2O/c1-8(9-2-5-15-6-3-9)11(14)10-4-7-16-12(10)13/h2-8,11H,14H2,1H3. The first kappa shape index (κ1) is 11.2. The third-order valence-corrected chi connectivity index (χ3v) is 3.08. The number of furan rings is 1. The van der Waals surface area contributed by atoms with Crippen LogP contribution in [0.4, 0.5) is 0 Å². The predicted molar refractivity (Wildman–Crippen MR) is 63.3 cm³/mol. The van der Waals surface area contributed by atoms with Crippen molar-refractivity contribution in [3.63, 3.8) is 0 Å². The summed E-state index contributed by atoms with van der Waals surface area (Å²) in [5.41, 5.74) is 8.13. The van der Waals surface area contributed by atoms with E-state index in [9.17, 15) is 0 Å². The lowest BCUT2D eigenvalue weighted by molar-refractivity contribution is 0.547. The first-order chi connectivity index (χ1) is 7.70. The molecule has 84 valence electrons. The maximum atomic E-state index is 6.15. The first-order valence-electron chi connectivity index (χ1n) is 5.08. The number of nitrogens with two attached hydrogens (primary N) is 1. The lowest BCUT2D eigenvalue weighted by Crippen LogP contribution is -2.17. The van der Waals surface area contributed by atoms with Crippen LogP contribution in [0.15, 0.2) is 41.3 Å². The average Bonchev–Trinajstić information content (AvgIpc) is 2.75. The van der Waals surface area contributed by atoms with Crippen molar-refractivity contribution in [3.05, 3.63) is 53.2 Å². The first-order valence-corrected chi connectivity index (χ1v) is 5.46. The number of aromatic nitrogens is 1. The molecule has 2 N–H and O–H groups in total. The van der Waals surface area contributed by atoms with E-state index in [1.807, 2.05) is 18.2 Å². The van der Waals surface area contributed by atoms with E-state index < -0.39 is 0 Å². The van der Waals surface area contributed by atoms with Crippen molar-refractivity contribution in [2.75, 3.05) is 0 Å². The number of hydrogen-bond donors (Lipinski definition) is 1. The maximum absolute atomic E-state index is 6.15. The van der Waals surface area contributed by atoms with Crippen molar-refractivity contribution in [2.24, 2.45) is 5.73 Å². The Morgan fingerprint density at radius 3 is 2.56 bits per heavy atom. The number of halogens is 1. The summed E-state index contributed by atoms with van der Waals surface area (Å²) in [6, 6.07) is 5.55. The minimum Gasteiger partial charge on any atom is -0.453 e. The van der Waals surface area contributed by atoms with Gasteiger partial charge in [0.2, 0.25) is 0 Å². The van der Waals surface area contributed by atoms with Crippen molar-refractivity contribution in [2.45, 2.75) is 18.9 Å². The molecule has 0 amide bonds. The molecule has 0 aromatic carbocycles. The largest absolute Gasteiger partial charge is 0.453 e. The van der Waals surface area contributed by atoms with Crippen LogP contribution in [0.2, 0.25) is 5.22 Å². The van der Waals surface area contributed by atoms with Crippen LogP contribution in [0.25, 0.3) is 0 Å². The summed E-state index contributed by atoms with van der Waals surface area (Å²) >= 11 is 5.91. The highest BCUT2D eigenvalue weighted by molar-refractivity contribution is 6.29. The molecule has 0 aliphatic rings. The topological polar surface area (TPSA) is 52.0 Å². The van der Waals surface area contributed by atoms with Crippen LogP contribution < -0.4 is 5.73 Å². The Labute approximate surface area is 99.2 Å². The molecule has 0 aliphatic carbocycles. The molecule has 0 saturated heterocycles. The fourth-order valence-electron chi connectivity index (χ4n) is 1.69. The van der Waals surface area contributed by atoms with Crippen LogP contribution in [-0.4, -0.2) is 4.98 Å². The molecule has 2 rings (SSSR count). The quantitative estimate of drug-likeness (QED) is 0.891. The Morgan fingerprint density at radius 1 is 1.31 bits per heavy atom. The summed E-state index contributed by atoms with van der Waals surface area (Å²) in [5, 5.41) is 0.369. The Kier molecular flexibility index (Phi) is 3.27. The van der Waals surface area contributed by atoms with E-state index in [1.54, 1.807) is 18.7 Å². The summed E-state index contributed by atoms with van der Waals surface area (Å²) < 4.78 is 5.04. The van der Waals surface area contributed by atoms with E-state index in [2.05, 4.69) is 11.9 Å². The highest BCUT2D eigenvalue weighted by Crippen LogP contribution is 2.32. The van der Waals surface area contributed by atoms with Crippen molar-refractivity contribution in [1.29, 1.82) is 0 Å². The molecule has 0 aliphatic heterocycles. The highest BCUT2D eigenvalue weighted by Gasteiger charge is 2.20. The van der Waals surface area contributed by atoms with Gasteiger partial charge in [-0.15, -0.1) is 0 Å². The third kappa shape index (κ3) is 2.10. The second-order valence-corrected chi connectivity index (χ2v) is 4.09. The molecular formula is C12H13ClN2O. The monoisotopic (exact) mass is 236 g/mol. The normalized spacial score (nSPS) is 14.7. The van der Waals surface area contributed by atoms with Crippen molar-refractivity contribution in [3.8, 4) is 0 Å². The third-order valence-electron chi connectivity index (χ3n) is 2.78. The number of hydrogen-bond acceptors (Lipinski definition) is 3. The fourth-order valence-corrected chi connectivity index (χ4v) is 1.93. The SMILES string of the molecule is CC(c1ccncc1)C(N)c1ccoc1Cl. The van der Waals surface area contributed by atoms with Gasteiger partial charge < -0.3 is 10.2 Å². The summed E-state index contributed by atoms with van der Waals surface area (Å²) in [4.78, 5) is 3.98. The van der Waals surface area contributed by atoms with E-state index in [4.69, 9.17) is 21.8 Å². The van der Waals surface area contributed by atoms with Gasteiger partial charge in [-0.2, -0.15) is 0 Å². The molecule has 0 spiro atoms. The van der Waals surface area contributed by atoms with E-state index in [-0.39, 0.29) is 12.0 Å². The molecule has 2 aromatic rings. The van der Waals surface area contributed by atoms with Crippen molar-refractivity contribution < 1.29 is 4.42 Å². The van der Waals surface area contributed by atoms with Gasteiger partial charge in [-0.3, -0.25) is 4.98 Å². The zero-order valence-corrected chi connectivity index (χ0v) is 9.69. The summed E-state index contributed by atoms with van der Waals surface area (Å²) in [6.07, 6.45) is 5.07. The van der Waals surface area contributed by atoms with E-state index in [0.29, 0.717) is 5.22 Å². The van der Waals surface area contributed by atoms with Gasteiger partial charge in [0.05, 0.1) is 6.26 Å². The Bertz CT molecular complexity index is 455. The lowest BCUT2D eigenvalue weighted by Gasteiger charge is -2.19. The van der Waals surface area contributed by atoms with Gasteiger partial charge in [0, 0.05) is 29.9 Å². The summed E-state index contributed by atoms with van der Waals surface area (Å²) in [7, 11) is 0. The molecule has 3 nitrogen and oxygen atoms in total. The zero-order chi connectivity index (χ0) is 11.5. The second-order valence-electron chi connectivity index (χ2n) is 3.74. The molecule has 0 saturated carbocycles. The molecular weight excluding hydrogens is 224 g/mol. The minimum absolute atomic E-state index is 0.165. The van der Waals surface area contributed by atoms with Crippen molar-refractivity contribution >= 4 is 11.6 Å². The van der Waals surface area contributed by atoms with Gasteiger partial charge in [0.25, 0.3) is 0 Å². The highest BCUT2D eigenvalue weighted by atomic mass is 35.5. The van der Waals surface area contributed by atoms with Gasteiger partial charge in [-0.1, -0.05) is 6.92 Å². The predicted octanol–water partition coefficient (Wildman–Crippen LogP) is 3.13. The summed E-state index contributed by atoms with van der Waals surface area (Å²) in [6.45, 7) is 2.06.